The molecule has 0 bridgehead atoms. The summed E-state index contributed by atoms with van der Waals surface area (Å²) in [7, 11) is -1.93. The van der Waals surface area contributed by atoms with Crippen LogP contribution < -0.4 is 4.90 Å². The van der Waals surface area contributed by atoms with Gasteiger partial charge in [0.2, 0.25) is 9.84 Å². The van der Waals surface area contributed by atoms with Gasteiger partial charge in [-0.15, -0.1) is 17.5 Å². The van der Waals surface area contributed by atoms with Crippen LogP contribution in [0.25, 0.3) is 0 Å². The lowest BCUT2D eigenvalue weighted by Gasteiger charge is -2.36. The van der Waals surface area contributed by atoms with Crippen LogP contribution in [0.5, 0.6) is 0 Å². The van der Waals surface area contributed by atoms with E-state index in [4.69, 9.17) is 0 Å². The highest BCUT2D eigenvalue weighted by atomic mass is 35.5. The number of sulfone groups is 1. The monoisotopic (exact) mass is 511 g/mol. The summed E-state index contributed by atoms with van der Waals surface area (Å²) < 4.78 is 65.9. The Morgan fingerprint density at radius 3 is 2.21 bits per heavy atom. The van der Waals surface area contributed by atoms with Crippen LogP contribution in [0.2, 0.25) is 0 Å². The molecule has 3 rings (SSSR count). The molecule has 0 unspecified atom stereocenters. The first-order valence-corrected chi connectivity index (χ1v) is 11.9. The lowest BCUT2D eigenvalue weighted by Crippen LogP contribution is -2.47. The standard InChI is InChI=1S/C19H28F3N7O2S.ClH/c1-18(2,3)16-24-14(19(20,21)22)12-15(25-16)29-9-7-28(8-10-29)6-5-11-32(30,31)17-23-13-27(4)26-17;/h12-13H,5-11H2,1-4H3;1H. The molecule has 0 radical (unpaired) electrons. The van der Waals surface area contributed by atoms with Gasteiger partial charge < -0.3 is 4.90 Å². The highest BCUT2D eigenvalue weighted by molar-refractivity contribution is 7.91. The largest absolute Gasteiger partial charge is 0.433 e. The molecule has 0 aromatic carbocycles. The Kier molecular flexibility index (Phi) is 8.34. The van der Waals surface area contributed by atoms with Gasteiger partial charge in [-0.05, 0) is 13.0 Å². The third-order valence-electron chi connectivity index (χ3n) is 5.11. The van der Waals surface area contributed by atoms with Gasteiger partial charge >= 0.3 is 6.18 Å². The molecule has 1 aliphatic rings. The van der Waals surface area contributed by atoms with Gasteiger partial charge in [0.25, 0.3) is 5.16 Å². The summed E-state index contributed by atoms with van der Waals surface area (Å²) in [5.41, 5.74) is -1.56. The molecule has 1 aliphatic heterocycles. The highest BCUT2D eigenvalue weighted by Gasteiger charge is 2.36. The Labute approximate surface area is 197 Å². The molecule has 0 saturated carbocycles. The van der Waals surface area contributed by atoms with E-state index in [0.717, 1.165) is 6.07 Å². The lowest BCUT2D eigenvalue weighted by molar-refractivity contribution is -0.141. The summed E-state index contributed by atoms with van der Waals surface area (Å²) in [5.74, 6) is 0.353. The van der Waals surface area contributed by atoms with Crippen LogP contribution in [0.3, 0.4) is 0 Å². The Hall–Kier alpha value is -1.99. The zero-order chi connectivity index (χ0) is 23.7. The van der Waals surface area contributed by atoms with E-state index in [1.807, 2.05) is 4.90 Å². The van der Waals surface area contributed by atoms with E-state index in [2.05, 4.69) is 25.0 Å². The first-order valence-electron chi connectivity index (χ1n) is 10.3. The first-order chi connectivity index (χ1) is 14.8. The lowest BCUT2D eigenvalue weighted by atomic mass is 9.95. The molecule has 3 heterocycles. The minimum absolute atomic E-state index is 0. The van der Waals surface area contributed by atoms with Crippen molar-refractivity contribution in [3.63, 3.8) is 0 Å². The zero-order valence-electron chi connectivity index (χ0n) is 19.0. The van der Waals surface area contributed by atoms with Crippen LogP contribution in [0.15, 0.2) is 17.6 Å². The summed E-state index contributed by atoms with van der Waals surface area (Å²) in [6, 6.07) is 0.997. The predicted molar refractivity (Wildman–Crippen MR) is 119 cm³/mol. The third kappa shape index (κ3) is 7.00. The number of alkyl halides is 3. The Morgan fingerprint density at radius 2 is 1.70 bits per heavy atom. The fraction of sp³-hybridized carbons (Fsp3) is 0.684. The van der Waals surface area contributed by atoms with E-state index < -0.39 is 27.1 Å². The fourth-order valence-corrected chi connectivity index (χ4v) is 4.46. The van der Waals surface area contributed by atoms with Gasteiger partial charge in [0.1, 0.15) is 23.7 Å². The molecule has 0 spiro atoms. The molecule has 1 saturated heterocycles. The van der Waals surface area contributed by atoms with Crippen molar-refractivity contribution in [1.82, 2.24) is 29.6 Å². The van der Waals surface area contributed by atoms with Crippen molar-refractivity contribution in [3.8, 4) is 0 Å². The summed E-state index contributed by atoms with van der Waals surface area (Å²) in [5, 5.41) is 3.67. The van der Waals surface area contributed by atoms with E-state index in [9.17, 15) is 21.6 Å². The molecule has 0 atom stereocenters. The van der Waals surface area contributed by atoms with Crippen molar-refractivity contribution in [1.29, 1.82) is 0 Å². The Bertz CT molecular complexity index is 1010. The molecule has 0 N–H and O–H groups in total. The molecular formula is C19H29ClF3N7O2S. The second-order valence-electron chi connectivity index (χ2n) is 8.88. The van der Waals surface area contributed by atoms with Gasteiger partial charge in [-0.3, -0.25) is 9.58 Å². The summed E-state index contributed by atoms with van der Waals surface area (Å²) in [6.45, 7) is 8.07. The fourth-order valence-electron chi connectivity index (χ4n) is 3.31. The van der Waals surface area contributed by atoms with Gasteiger partial charge in [-0.2, -0.15) is 13.2 Å². The zero-order valence-corrected chi connectivity index (χ0v) is 20.6. The van der Waals surface area contributed by atoms with Crippen LogP contribution in [0.4, 0.5) is 19.0 Å². The average Bonchev–Trinajstić information content (AvgIpc) is 3.14. The minimum Gasteiger partial charge on any atom is -0.354 e. The maximum Gasteiger partial charge on any atom is 0.433 e. The summed E-state index contributed by atoms with van der Waals surface area (Å²) in [4.78, 5) is 15.8. The number of halogens is 4. The first kappa shape index (κ1) is 27.3. The van der Waals surface area contributed by atoms with Crippen molar-refractivity contribution >= 4 is 28.1 Å². The van der Waals surface area contributed by atoms with Gasteiger partial charge in [0, 0.05) is 44.7 Å². The topological polar surface area (TPSA) is 97.1 Å². The van der Waals surface area contributed by atoms with E-state index in [0.29, 0.717) is 39.1 Å². The van der Waals surface area contributed by atoms with E-state index in [-0.39, 0.29) is 35.0 Å². The molecule has 186 valence electrons. The van der Waals surface area contributed by atoms with Gasteiger partial charge in [-0.25, -0.2) is 23.4 Å². The van der Waals surface area contributed by atoms with Crippen molar-refractivity contribution < 1.29 is 21.6 Å². The number of piperazine rings is 1. The van der Waals surface area contributed by atoms with Gasteiger partial charge in [0.05, 0.1) is 5.75 Å². The van der Waals surface area contributed by atoms with E-state index >= 15 is 0 Å². The second-order valence-corrected chi connectivity index (χ2v) is 10.9. The normalized spacial score (nSPS) is 16.0. The van der Waals surface area contributed by atoms with Gasteiger partial charge in [0.15, 0.2) is 0 Å². The van der Waals surface area contributed by atoms with Crippen LogP contribution in [0.1, 0.15) is 38.7 Å². The predicted octanol–water partition coefficient (Wildman–Crippen LogP) is 2.33. The van der Waals surface area contributed by atoms with Crippen molar-refractivity contribution in [2.24, 2.45) is 7.05 Å². The Balaban J connectivity index is 0.00000385. The van der Waals surface area contributed by atoms with Crippen molar-refractivity contribution in [3.05, 3.63) is 23.9 Å². The molecule has 33 heavy (non-hydrogen) atoms. The molecule has 0 aliphatic carbocycles. The molecule has 2 aromatic rings. The highest BCUT2D eigenvalue weighted by Crippen LogP contribution is 2.32. The quantitative estimate of drug-likeness (QED) is 0.583. The number of aryl methyl sites for hydroxylation is 1. The number of hydrogen-bond acceptors (Lipinski definition) is 8. The van der Waals surface area contributed by atoms with E-state index in [1.165, 1.54) is 11.0 Å². The molecule has 14 heteroatoms. The number of rotatable bonds is 6. The van der Waals surface area contributed by atoms with Gasteiger partial charge in [-0.1, -0.05) is 20.8 Å². The van der Waals surface area contributed by atoms with Crippen molar-refractivity contribution in [2.45, 2.75) is 43.9 Å². The van der Waals surface area contributed by atoms with Crippen LogP contribution >= 0.6 is 12.4 Å². The molecule has 9 nitrogen and oxygen atoms in total. The average molecular weight is 512 g/mol. The van der Waals surface area contributed by atoms with Crippen LogP contribution in [-0.4, -0.2) is 76.5 Å². The SMILES string of the molecule is Cl.Cn1cnc(S(=O)(=O)CCCN2CCN(c3cc(C(F)(F)F)nc(C(C)(C)C)n3)CC2)n1. The maximum absolute atomic E-state index is 13.3. The Morgan fingerprint density at radius 1 is 1.06 bits per heavy atom. The number of hydrogen-bond donors (Lipinski definition) is 0. The number of aromatic nitrogens is 5. The van der Waals surface area contributed by atoms with Crippen molar-refractivity contribution in [2.75, 3.05) is 43.4 Å². The van der Waals surface area contributed by atoms with Crippen LogP contribution in [0, 0.1) is 0 Å². The molecule has 2 aromatic heterocycles. The number of anilines is 1. The third-order valence-corrected chi connectivity index (χ3v) is 6.68. The smallest absolute Gasteiger partial charge is 0.354 e. The summed E-state index contributed by atoms with van der Waals surface area (Å²) in [6.07, 6.45) is -2.79. The van der Waals surface area contributed by atoms with Crippen LogP contribution in [-0.2, 0) is 28.5 Å². The number of nitrogens with zero attached hydrogens (tertiary/aromatic N) is 7. The molecule has 1 fully saturated rings. The minimum atomic E-state index is -4.55. The van der Waals surface area contributed by atoms with E-state index in [1.54, 1.807) is 27.8 Å². The maximum atomic E-state index is 13.3. The summed E-state index contributed by atoms with van der Waals surface area (Å²) >= 11 is 0. The molecular weight excluding hydrogens is 483 g/mol. The second kappa shape index (κ2) is 10.1. The molecule has 0 amide bonds.